The first-order valence-corrected chi connectivity index (χ1v) is 7.17. The zero-order valence-electron chi connectivity index (χ0n) is 11.1. The van der Waals surface area contributed by atoms with Crippen molar-refractivity contribution in [2.75, 3.05) is 6.61 Å². The standard InChI is InChI=1S/C15H20O2S/c1-4-6-8-13(11-15(16)17-5-2)12(3)14-9-7-10-18-14/h7,9-11H,3-6,8H2,1-2H3/b13-11-. The molecule has 0 N–H and O–H groups in total. The quantitative estimate of drug-likeness (QED) is 0.413. The topological polar surface area (TPSA) is 26.3 Å². The molecule has 3 heteroatoms. The predicted molar refractivity (Wildman–Crippen MR) is 77.6 cm³/mol. The average molecular weight is 264 g/mol. The number of hydrogen-bond donors (Lipinski definition) is 0. The van der Waals surface area contributed by atoms with Crippen LogP contribution in [0.1, 0.15) is 38.0 Å². The second-order valence-corrected chi connectivity index (χ2v) is 4.93. The minimum absolute atomic E-state index is 0.277. The second-order valence-electron chi connectivity index (χ2n) is 3.98. The second kappa shape index (κ2) is 7.88. The van der Waals surface area contributed by atoms with Crippen LogP contribution in [0, 0.1) is 0 Å². The van der Waals surface area contributed by atoms with Crippen LogP contribution in [0.4, 0.5) is 0 Å². The third-order valence-corrected chi connectivity index (χ3v) is 3.51. The van der Waals surface area contributed by atoms with Gasteiger partial charge in [-0.25, -0.2) is 4.79 Å². The van der Waals surface area contributed by atoms with E-state index in [-0.39, 0.29) is 5.97 Å². The molecule has 0 aliphatic heterocycles. The largest absolute Gasteiger partial charge is 0.463 e. The Kier molecular flexibility index (Phi) is 6.44. The zero-order valence-corrected chi connectivity index (χ0v) is 11.9. The van der Waals surface area contributed by atoms with Gasteiger partial charge in [0.05, 0.1) is 6.61 Å². The fraction of sp³-hybridized carbons (Fsp3) is 0.400. The maximum absolute atomic E-state index is 11.6. The van der Waals surface area contributed by atoms with Gasteiger partial charge in [0.25, 0.3) is 0 Å². The predicted octanol–water partition coefficient (Wildman–Crippen LogP) is 4.44. The van der Waals surface area contributed by atoms with Gasteiger partial charge in [-0.1, -0.05) is 26.0 Å². The number of hydrogen-bond acceptors (Lipinski definition) is 3. The highest BCUT2D eigenvalue weighted by molar-refractivity contribution is 7.11. The van der Waals surface area contributed by atoms with Gasteiger partial charge in [0.15, 0.2) is 0 Å². The zero-order chi connectivity index (χ0) is 13.4. The minimum Gasteiger partial charge on any atom is -0.463 e. The van der Waals surface area contributed by atoms with Crippen LogP contribution in [0.25, 0.3) is 5.57 Å². The minimum atomic E-state index is -0.277. The molecule has 0 radical (unpaired) electrons. The molecular formula is C15H20O2S. The van der Waals surface area contributed by atoms with Crippen LogP contribution in [0.2, 0.25) is 0 Å². The Labute approximate surface area is 113 Å². The first-order chi connectivity index (χ1) is 8.69. The van der Waals surface area contributed by atoms with Crippen LogP contribution in [0.15, 0.2) is 35.7 Å². The van der Waals surface area contributed by atoms with Crippen molar-refractivity contribution in [1.29, 1.82) is 0 Å². The molecule has 98 valence electrons. The fourth-order valence-electron chi connectivity index (χ4n) is 1.61. The highest BCUT2D eigenvalue weighted by Crippen LogP contribution is 2.28. The number of unbranched alkanes of at least 4 members (excludes halogenated alkanes) is 1. The lowest BCUT2D eigenvalue weighted by atomic mass is 10.00. The van der Waals surface area contributed by atoms with Crippen LogP contribution >= 0.6 is 11.3 Å². The Bertz CT molecular complexity index is 416. The molecule has 0 aliphatic carbocycles. The van der Waals surface area contributed by atoms with Crippen molar-refractivity contribution in [3.05, 3.63) is 40.6 Å². The molecule has 0 aliphatic rings. The first-order valence-electron chi connectivity index (χ1n) is 6.29. The van der Waals surface area contributed by atoms with Gasteiger partial charge in [-0.2, -0.15) is 0 Å². The molecular weight excluding hydrogens is 244 g/mol. The first kappa shape index (κ1) is 14.7. The summed E-state index contributed by atoms with van der Waals surface area (Å²) in [5.41, 5.74) is 1.92. The molecule has 0 unspecified atom stereocenters. The third kappa shape index (κ3) is 4.49. The summed E-state index contributed by atoms with van der Waals surface area (Å²) < 4.78 is 4.97. The molecule has 0 saturated heterocycles. The van der Waals surface area contributed by atoms with E-state index < -0.39 is 0 Å². The summed E-state index contributed by atoms with van der Waals surface area (Å²) in [6, 6.07) is 4.02. The summed E-state index contributed by atoms with van der Waals surface area (Å²) in [5, 5.41) is 2.02. The summed E-state index contributed by atoms with van der Waals surface area (Å²) in [5.74, 6) is -0.277. The van der Waals surface area contributed by atoms with Gasteiger partial charge in [0, 0.05) is 11.0 Å². The lowest BCUT2D eigenvalue weighted by molar-refractivity contribution is -0.137. The molecule has 18 heavy (non-hydrogen) atoms. The van der Waals surface area contributed by atoms with E-state index in [0.717, 1.165) is 35.3 Å². The van der Waals surface area contributed by atoms with Crippen molar-refractivity contribution in [2.45, 2.75) is 33.1 Å². The monoisotopic (exact) mass is 264 g/mol. The number of esters is 1. The fourth-order valence-corrected chi connectivity index (χ4v) is 2.35. The highest BCUT2D eigenvalue weighted by atomic mass is 32.1. The van der Waals surface area contributed by atoms with Gasteiger partial charge in [-0.3, -0.25) is 0 Å². The molecule has 0 bridgehead atoms. The summed E-state index contributed by atoms with van der Waals surface area (Å²) >= 11 is 1.64. The molecule has 0 aromatic carbocycles. The molecule has 0 spiro atoms. The maximum Gasteiger partial charge on any atom is 0.331 e. The SMILES string of the molecule is C=C(/C(=C\C(=O)OCC)CCCC)c1cccs1. The number of carbonyl (C=O) groups is 1. The van der Waals surface area contributed by atoms with E-state index in [0.29, 0.717) is 6.61 Å². The van der Waals surface area contributed by atoms with Crippen LogP contribution in [0.3, 0.4) is 0 Å². The summed E-state index contributed by atoms with van der Waals surface area (Å²) in [4.78, 5) is 12.7. The van der Waals surface area contributed by atoms with Crippen molar-refractivity contribution >= 4 is 22.9 Å². The van der Waals surface area contributed by atoms with Crippen molar-refractivity contribution in [1.82, 2.24) is 0 Å². The van der Waals surface area contributed by atoms with Crippen LogP contribution < -0.4 is 0 Å². The van der Waals surface area contributed by atoms with E-state index in [1.807, 2.05) is 24.4 Å². The van der Waals surface area contributed by atoms with Crippen LogP contribution in [0.5, 0.6) is 0 Å². The maximum atomic E-state index is 11.6. The van der Waals surface area contributed by atoms with Gasteiger partial charge in [-0.05, 0) is 42.4 Å². The number of rotatable bonds is 7. The third-order valence-electron chi connectivity index (χ3n) is 2.58. The highest BCUT2D eigenvalue weighted by Gasteiger charge is 2.09. The number of allylic oxidation sites excluding steroid dienone is 2. The smallest absolute Gasteiger partial charge is 0.331 e. The van der Waals surface area contributed by atoms with E-state index in [9.17, 15) is 4.79 Å². The molecule has 0 fully saturated rings. The lowest BCUT2D eigenvalue weighted by Gasteiger charge is -2.09. The normalized spacial score (nSPS) is 11.3. The van der Waals surface area contributed by atoms with Gasteiger partial charge >= 0.3 is 5.97 Å². The molecule has 1 aromatic rings. The van der Waals surface area contributed by atoms with Crippen molar-refractivity contribution in [2.24, 2.45) is 0 Å². The van der Waals surface area contributed by atoms with E-state index in [4.69, 9.17) is 4.74 Å². The molecule has 1 aromatic heterocycles. The van der Waals surface area contributed by atoms with Gasteiger partial charge in [0.1, 0.15) is 0 Å². The van der Waals surface area contributed by atoms with Crippen molar-refractivity contribution in [3.63, 3.8) is 0 Å². The Hall–Kier alpha value is -1.35. The summed E-state index contributed by atoms with van der Waals surface area (Å²) in [6.45, 7) is 8.45. The van der Waals surface area contributed by atoms with Crippen LogP contribution in [-0.2, 0) is 9.53 Å². The van der Waals surface area contributed by atoms with Crippen molar-refractivity contribution in [3.8, 4) is 0 Å². The van der Waals surface area contributed by atoms with Crippen molar-refractivity contribution < 1.29 is 9.53 Å². The Morgan fingerprint density at radius 3 is 2.83 bits per heavy atom. The molecule has 0 amide bonds. The number of thiophene rings is 1. The molecule has 2 nitrogen and oxygen atoms in total. The summed E-state index contributed by atoms with van der Waals surface area (Å²) in [7, 11) is 0. The van der Waals surface area contributed by atoms with E-state index in [1.54, 1.807) is 17.4 Å². The van der Waals surface area contributed by atoms with Gasteiger partial charge < -0.3 is 4.74 Å². The van der Waals surface area contributed by atoms with Crippen LogP contribution in [-0.4, -0.2) is 12.6 Å². The van der Waals surface area contributed by atoms with E-state index in [2.05, 4.69) is 13.5 Å². The molecule has 0 atom stereocenters. The Morgan fingerprint density at radius 1 is 1.50 bits per heavy atom. The van der Waals surface area contributed by atoms with Gasteiger partial charge in [-0.15, -0.1) is 11.3 Å². The number of ether oxygens (including phenoxy) is 1. The Balaban J connectivity index is 2.84. The van der Waals surface area contributed by atoms with E-state index >= 15 is 0 Å². The number of carbonyl (C=O) groups excluding carboxylic acids is 1. The molecule has 1 rings (SSSR count). The summed E-state index contributed by atoms with van der Waals surface area (Å²) in [6.07, 6.45) is 4.60. The van der Waals surface area contributed by atoms with Gasteiger partial charge in [0.2, 0.25) is 0 Å². The lowest BCUT2D eigenvalue weighted by Crippen LogP contribution is -2.02. The molecule has 0 saturated carbocycles. The molecule has 1 heterocycles. The average Bonchev–Trinajstić information content (AvgIpc) is 2.87. The Morgan fingerprint density at radius 2 is 2.28 bits per heavy atom. The van der Waals surface area contributed by atoms with E-state index in [1.165, 1.54) is 0 Å².